The molecule has 1 saturated heterocycles. The van der Waals surface area contributed by atoms with Gasteiger partial charge < -0.3 is 14.9 Å². The first-order valence-corrected chi connectivity index (χ1v) is 13.1. The Kier molecular flexibility index (Phi) is 6.19. The van der Waals surface area contributed by atoms with Crippen molar-refractivity contribution in [2.45, 2.75) is 29.0 Å². The number of benzene rings is 2. The van der Waals surface area contributed by atoms with E-state index < -0.39 is 39.6 Å². The third kappa shape index (κ3) is 3.69. The molecule has 2 aromatic carbocycles. The summed E-state index contributed by atoms with van der Waals surface area (Å²) in [4.78, 5) is 32.4. The van der Waals surface area contributed by atoms with Gasteiger partial charge in [0.2, 0.25) is 5.88 Å². The highest BCUT2D eigenvalue weighted by Crippen LogP contribution is 2.54. The van der Waals surface area contributed by atoms with Crippen molar-refractivity contribution in [2.75, 3.05) is 18.0 Å². The van der Waals surface area contributed by atoms with E-state index in [0.717, 1.165) is 0 Å². The van der Waals surface area contributed by atoms with Gasteiger partial charge in [-0.2, -0.15) is 0 Å². The number of carboxylic acid groups (broad SMARTS) is 1. The number of carbonyl (C=O) groups excluding carboxylic acids is 1. The number of aromatic nitrogens is 1. The van der Waals surface area contributed by atoms with E-state index >= 15 is 0 Å². The van der Waals surface area contributed by atoms with Gasteiger partial charge in [0.05, 0.1) is 23.8 Å². The topological polar surface area (TPSA) is 137 Å². The number of hydrogen-bond donors (Lipinski definition) is 2. The molecule has 5 rings (SSSR count). The number of rotatable bonds is 6. The van der Waals surface area contributed by atoms with Crippen molar-refractivity contribution in [3.8, 4) is 5.88 Å². The summed E-state index contributed by atoms with van der Waals surface area (Å²) in [6, 6.07) is 13.5. The highest BCUT2D eigenvalue weighted by molar-refractivity contribution is 7.93. The highest BCUT2D eigenvalue weighted by Gasteiger charge is 2.64. The minimum Gasteiger partial charge on any atom is -0.481 e. The van der Waals surface area contributed by atoms with E-state index in [4.69, 9.17) is 16.3 Å². The van der Waals surface area contributed by atoms with Gasteiger partial charge in [-0.25, -0.2) is 17.7 Å². The van der Waals surface area contributed by atoms with Crippen LogP contribution in [0.3, 0.4) is 0 Å². The third-order valence-electron chi connectivity index (χ3n) is 6.69. The Balaban J connectivity index is 1.88. The van der Waals surface area contributed by atoms with Crippen LogP contribution in [-0.2, 0) is 25.2 Å². The summed E-state index contributed by atoms with van der Waals surface area (Å²) < 4.78 is 33.9. The molecule has 3 atom stereocenters. The van der Waals surface area contributed by atoms with Crippen molar-refractivity contribution >= 4 is 39.2 Å². The molecule has 12 heteroatoms. The molecule has 2 aliphatic rings. The fraction of sp³-hybridized carbons (Fsp3) is 0.240. The number of pyridine rings is 1. The lowest BCUT2D eigenvalue weighted by atomic mass is 9.81. The van der Waals surface area contributed by atoms with Gasteiger partial charge in [0.25, 0.3) is 15.9 Å². The molecular weight excluding hydrogens is 522 g/mol. The number of hydrogen-bond acceptors (Lipinski definition) is 8. The molecule has 192 valence electrons. The first kappa shape index (κ1) is 25.2. The summed E-state index contributed by atoms with van der Waals surface area (Å²) in [6.45, 7) is -0.230. The molecule has 0 aliphatic carbocycles. The molecule has 0 saturated carbocycles. The van der Waals surface area contributed by atoms with Crippen LogP contribution >= 0.6 is 11.6 Å². The largest absolute Gasteiger partial charge is 0.481 e. The van der Waals surface area contributed by atoms with Crippen LogP contribution in [0.25, 0.3) is 0 Å². The van der Waals surface area contributed by atoms with E-state index in [2.05, 4.69) is 4.98 Å². The lowest BCUT2D eigenvalue weighted by molar-refractivity contribution is -0.145. The minimum atomic E-state index is -4.45. The summed E-state index contributed by atoms with van der Waals surface area (Å²) in [5.41, 5.74) is -1.77. The molecule has 3 heterocycles. The number of aliphatic hydroxyl groups excluding tert-OH is 1. The van der Waals surface area contributed by atoms with Gasteiger partial charge in [0.1, 0.15) is 6.04 Å². The number of halogens is 1. The standard InChI is InChI=1S/C25H22ClN3O7S/c1-36-22-18(8-5-11-27-22)25(28-14-16(30)13-21(28)23(31)32)19-12-15(26)9-10-20(19)29(24(25)33)37(34,35)17-6-3-2-4-7-17/h2-12,16,21,30H,13-14H2,1H3,(H,31,32)/t16-,21+,25?/m1/s1. The van der Waals surface area contributed by atoms with Gasteiger partial charge in [-0.1, -0.05) is 29.8 Å². The predicted octanol–water partition coefficient (Wildman–Crippen LogP) is 2.24. The second-order valence-corrected chi connectivity index (χ2v) is 10.9. The van der Waals surface area contributed by atoms with Crippen LogP contribution in [-0.4, -0.2) is 66.2 Å². The van der Waals surface area contributed by atoms with Crippen molar-refractivity contribution in [3.63, 3.8) is 0 Å². The normalized spacial score (nSPS) is 23.8. The van der Waals surface area contributed by atoms with Crippen LogP contribution < -0.4 is 9.04 Å². The number of nitrogens with zero attached hydrogens (tertiary/aromatic N) is 3. The van der Waals surface area contributed by atoms with Crippen molar-refractivity contribution in [3.05, 3.63) is 83.0 Å². The number of amides is 1. The maximum Gasteiger partial charge on any atom is 0.321 e. The molecule has 0 spiro atoms. The number of carbonyl (C=O) groups is 2. The average Bonchev–Trinajstić information content (AvgIpc) is 3.40. The molecule has 3 aromatic rings. The molecule has 37 heavy (non-hydrogen) atoms. The number of carboxylic acids is 1. The lowest BCUT2D eigenvalue weighted by Crippen LogP contribution is -2.58. The molecule has 1 amide bonds. The molecule has 0 bridgehead atoms. The predicted molar refractivity (Wildman–Crippen MR) is 133 cm³/mol. The molecule has 1 fully saturated rings. The maximum absolute atomic E-state index is 14.7. The van der Waals surface area contributed by atoms with E-state index in [0.29, 0.717) is 4.31 Å². The smallest absolute Gasteiger partial charge is 0.321 e. The van der Waals surface area contributed by atoms with E-state index in [1.54, 1.807) is 6.07 Å². The van der Waals surface area contributed by atoms with E-state index in [1.807, 2.05) is 0 Å². The van der Waals surface area contributed by atoms with Gasteiger partial charge in [0, 0.05) is 35.3 Å². The van der Waals surface area contributed by atoms with Crippen LogP contribution in [0, 0.1) is 0 Å². The SMILES string of the molecule is COc1ncccc1C1(N2C[C@H](O)C[C@H]2C(=O)O)C(=O)N(S(=O)(=O)c2ccccc2)c2ccc(Cl)cc21. The van der Waals surface area contributed by atoms with Gasteiger partial charge >= 0.3 is 5.97 Å². The molecule has 1 unspecified atom stereocenters. The Bertz CT molecular complexity index is 1500. The zero-order chi connectivity index (χ0) is 26.5. The Morgan fingerprint density at radius 3 is 2.54 bits per heavy atom. The first-order chi connectivity index (χ1) is 17.6. The number of fused-ring (bicyclic) bond motifs is 1. The Labute approximate surface area is 217 Å². The number of β-amino-alcohol motifs (C(OH)–C–C–N with tert-alkyl or cyclic N) is 1. The van der Waals surface area contributed by atoms with Crippen LogP contribution in [0.1, 0.15) is 17.5 Å². The fourth-order valence-corrected chi connectivity index (χ4v) is 6.88. The monoisotopic (exact) mass is 543 g/mol. The van der Waals surface area contributed by atoms with Gasteiger partial charge in [-0.05, 0) is 42.5 Å². The highest BCUT2D eigenvalue weighted by atomic mass is 35.5. The summed E-state index contributed by atoms with van der Waals surface area (Å²) in [5.74, 6) is -2.24. The summed E-state index contributed by atoms with van der Waals surface area (Å²) in [5, 5.41) is 20.8. The van der Waals surface area contributed by atoms with E-state index in [1.165, 1.54) is 72.8 Å². The fourth-order valence-electron chi connectivity index (χ4n) is 5.22. The second-order valence-electron chi connectivity index (χ2n) is 8.72. The Hall–Kier alpha value is -3.51. The average molecular weight is 544 g/mol. The first-order valence-electron chi connectivity index (χ1n) is 11.3. The molecule has 1 aromatic heterocycles. The molecular formula is C25H22ClN3O7S. The van der Waals surface area contributed by atoms with Crippen molar-refractivity contribution in [1.29, 1.82) is 0 Å². The zero-order valence-corrected chi connectivity index (χ0v) is 21.1. The Morgan fingerprint density at radius 2 is 1.86 bits per heavy atom. The zero-order valence-electron chi connectivity index (χ0n) is 19.5. The number of sulfonamides is 1. The number of aliphatic hydroxyl groups is 1. The molecule has 2 aliphatic heterocycles. The Morgan fingerprint density at radius 1 is 1.14 bits per heavy atom. The molecule has 2 N–H and O–H groups in total. The van der Waals surface area contributed by atoms with Crippen molar-refractivity contribution in [1.82, 2.24) is 9.88 Å². The maximum atomic E-state index is 14.7. The molecule has 10 nitrogen and oxygen atoms in total. The van der Waals surface area contributed by atoms with Gasteiger partial charge in [-0.15, -0.1) is 0 Å². The van der Waals surface area contributed by atoms with Crippen molar-refractivity contribution in [2.24, 2.45) is 0 Å². The van der Waals surface area contributed by atoms with Crippen LogP contribution in [0.4, 0.5) is 5.69 Å². The summed E-state index contributed by atoms with van der Waals surface area (Å²) in [6.07, 6.45) is 0.171. The number of likely N-dealkylation sites (tertiary alicyclic amines) is 1. The number of aliphatic carboxylic acids is 1. The summed E-state index contributed by atoms with van der Waals surface area (Å²) in [7, 11) is -3.11. The number of ether oxygens (including phenoxy) is 1. The number of methoxy groups -OCH3 is 1. The minimum absolute atomic E-state index is 0.00809. The van der Waals surface area contributed by atoms with Crippen LogP contribution in [0.5, 0.6) is 5.88 Å². The molecule has 0 radical (unpaired) electrons. The van der Waals surface area contributed by atoms with Crippen LogP contribution in [0.2, 0.25) is 5.02 Å². The van der Waals surface area contributed by atoms with Gasteiger partial charge in [-0.3, -0.25) is 14.5 Å². The van der Waals surface area contributed by atoms with E-state index in [-0.39, 0.29) is 45.6 Å². The van der Waals surface area contributed by atoms with Crippen LogP contribution in [0.15, 0.2) is 71.8 Å². The van der Waals surface area contributed by atoms with E-state index in [9.17, 15) is 28.2 Å². The number of anilines is 1. The van der Waals surface area contributed by atoms with Gasteiger partial charge in [0.15, 0.2) is 5.54 Å². The quantitative estimate of drug-likeness (QED) is 0.479. The third-order valence-corrected chi connectivity index (χ3v) is 8.64. The second kappa shape index (κ2) is 9.10. The lowest BCUT2D eigenvalue weighted by Gasteiger charge is -2.40. The van der Waals surface area contributed by atoms with Crippen molar-refractivity contribution < 1.29 is 33.0 Å². The summed E-state index contributed by atoms with van der Waals surface area (Å²) >= 11 is 6.36.